The SMILES string of the molecule is CCOC(=O)Cn1c(=NC(=O)COc2ccc(Cl)cc2)sc2c3ccccc3ccc21. The number of halogens is 1. The Balaban J connectivity index is 1.71. The Morgan fingerprint density at radius 3 is 2.61 bits per heavy atom. The number of esters is 1. The van der Waals surface area contributed by atoms with Crippen LogP contribution < -0.4 is 9.54 Å². The van der Waals surface area contributed by atoms with Crippen molar-refractivity contribution < 1.29 is 19.1 Å². The predicted octanol–water partition coefficient (Wildman–Crippen LogP) is 4.58. The highest BCUT2D eigenvalue weighted by Crippen LogP contribution is 2.27. The molecule has 8 heteroatoms. The van der Waals surface area contributed by atoms with E-state index in [1.807, 2.05) is 36.4 Å². The molecule has 0 aliphatic carbocycles. The molecule has 31 heavy (non-hydrogen) atoms. The Morgan fingerprint density at radius 1 is 1.06 bits per heavy atom. The molecule has 0 spiro atoms. The summed E-state index contributed by atoms with van der Waals surface area (Å²) in [5.74, 6) is -0.320. The van der Waals surface area contributed by atoms with Crippen LogP contribution in [-0.4, -0.2) is 29.7 Å². The van der Waals surface area contributed by atoms with Crippen LogP contribution in [0.5, 0.6) is 5.75 Å². The minimum Gasteiger partial charge on any atom is -0.484 e. The lowest BCUT2D eigenvalue weighted by Gasteiger charge is -2.06. The number of carbonyl (C=O) groups is 2. The molecule has 1 aromatic heterocycles. The van der Waals surface area contributed by atoms with Crippen LogP contribution in [0.15, 0.2) is 65.7 Å². The Hall–Kier alpha value is -3.16. The maximum Gasteiger partial charge on any atom is 0.326 e. The van der Waals surface area contributed by atoms with Gasteiger partial charge in [0.05, 0.1) is 16.8 Å². The molecule has 1 heterocycles. The smallest absolute Gasteiger partial charge is 0.326 e. The summed E-state index contributed by atoms with van der Waals surface area (Å²) in [7, 11) is 0. The molecule has 0 radical (unpaired) electrons. The van der Waals surface area contributed by atoms with Crippen molar-refractivity contribution in [2.45, 2.75) is 13.5 Å². The molecule has 0 saturated carbocycles. The van der Waals surface area contributed by atoms with Gasteiger partial charge in [-0.05, 0) is 42.6 Å². The van der Waals surface area contributed by atoms with Gasteiger partial charge >= 0.3 is 5.97 Å². The highest BCUT2D eigenvalue weighted by atomic mass is 35.5. The number of aromatic nitrogens is 1. The van der Waals surface area contributed by atoms with Crippen LogP contribution in [0.25, 0.3) is 21.0 Å². The fraction of sp³-hybridized carbons (Fsp3) is 0.174. The first-order valence-electron chi connectivity index (χ1n) is 9.68. The molecular weight excluding hydrogens is 436 g/mol. The number of ether oxygens (including phenoxy) is 2. The van der Waals surface area contributed by atoms with Crippen molar-refractivity contribution in [2.24, 2.45) is 4.99 Å². The van der Waals surface area contributed by atoms with Gasteiger partial charge in [0, 0.05) is 10.4 Å². The fourth-order valence-electron chi connectivity index (χ4n) is 3.19. The van der Waals surface area contributed by atoms with Crippen LogP contribution in [0.3, 0.4) is 0 Å². The minimum absolute atomic E-state index is 0.0314. The van der Waals surface area contributed by atoms with Crippen molar-refractivity contribution in [3.8, 4) is 5.75 Å². The first kappa shape index (κ1) is 21.1. The lowest BCUT2D eigenvalue weighted by atomic mass is 10.1. The Bertz CT molecular complexity index is 1330. The summed E-state index contributed by atoms with van der Waals surface area (Å²) < 4.78 is 13.3. The van der Waals surface area contributed by atoms with E-state index in [9.17, 15) is 9.59 Å². The third-order valence-corrected chi connectivity index (χ3v) is 5.94. The molecule has 0 atom stereocenters. The Labute approximate surface area is 187 Å². The van der Waals surface area contributed by atoms with Gasteiger partial charge in [-0.3, -0.25) is 9.59 Å². The molecule has 0 saturated heterocycles. The van der Waals surface area contributed by atoms with Crippen LogP contribution in [0.4, 0.5) is 0 Å². The number of carbonyl (C=O) groups excluding carboxylic acids is 2. The first-order valence-corrected chi connectivity index (χ1v) is 10.9. The summed E-state index contributed by atoms with van der Waals surface area (Å²) in [6.07, 6.45) is 0. The zero-order valence-corrected chi connectivity index (χ0v) is 18.3. The number of hydrogen-bond donors (Lipinski definition) is 0. The predicted molar refractivity (Wildman–Crippen MR) is 121 cm³/mol. The van der Waals surface area contributed by atoms with Crippen molar-refractivity contribution in [3.63, 3.8) is 0 Å². The monoisotopic (exact) mass is 454 g/mol. The molecule has 158 valence electrons. The number of benzene rings is 3. The molecule has 0 aliphatic rings. The first-order chi connectivity index (χ1) is 15.0. The average molecular weight is 455 g/mol. The minimum atomic E-state index is -0.455. The van der Waals surface area contributed by atoms with E-state index in [0.29, 0.717) is 15.6 Å². The van der Waals surface area contributed by atoms with Crippen LogP contribution >= 0.6 is 22.9 Å². The van der Waals surface area contributed by atoms with E-state index in [1.165, 1.54) is 11.3 Å². The van der Waals surface area contributed by atoms with Gasteiger partial charge in [0.2, 0.25) is 0 Å². The van der Waals surface area contributed by atoms with E-state index < -0.39 is 5.91 Å². The highest BCUT2D eigenvalue weighted by Gasteiger charge is 2.14. The third kappa shape index (κ3) is 4.78. The topological polar surface area (TPSA) is 69.9 Å². The standard InChI is InChI=1S/C23H19ClN2O4S/c1-2-29-21(28)13-26-19-12-7-15-5-3-4-6-18(15)22(19)31-23(26)25-20(27)14-30-17-10-8-16(24)9-11-17/h3-12H,2,13-14H2,1H3. The summed E-state index contributed by atoms with van der Waals surface area (Å²) in [6, 6.07) is 18.6. The molecule has 4 aromatic rings. The van der Waals surface area contributed by atoms with Crippen molar-refractivity contribution in [3.05, 3.63) is 70.5 Å². The summed E-state index contributed by atoms with van der Waals surface area (Å²) in [5, 5.41) is 2.69. The lowest BCUT2D eigenvalue weighted by Crippen LogP contribution is -2.24. The second-order valence-electron chi connectivity index (χ2n) is 6.66. The van der Waals surface area contributed by atoms with Gasteiger partial charge in [0.15, 0.2) is 11.4 Å². The largest absolute Gasteiger partial charge is 0.484 e. The molecule has 0 bridgehead atoms. The van der Waals surface area contributed by atoms with Crippen molar-refractivity contribution in [1.29, 1.82) is 0 Å². The van der Waals surface area contributed by atoms with Crippen LogP contribution in [0, 0.1) is 0 Å². The van der Waals surface area contributed by atoms with Crippen molar-refractivity contribution in [1.82, 2.24) is 4.57 Å². The maximum atomic E-state index is 12.5. The Kier molecular flexibility index (Phi) is 6.34. The van der Waals surface area contributed by atoms with Gasteiger partial charge in [-0.25, -0.2) is 0 Å². The molecule has 0 unspecified atom stereocenters. The molecule has 4 rings (SSSR count). The second kappa shape index (κ2) is 9.32. The van der Waals surface area contributed by atoms with Crippen LogP contribution in [0.2, 0.25) is 5.02 Å². The van der Waals surface area contributed by atoms with Crippen molar-refractivity contribution in [2.75, 3.05) is 13.2 Å². The number of nitrogens with zero attached hydrogens (tertiary/aromatic N) is 2. The quantitative estimate of drug-likeness (QED) is 0.400. The van der Waals surface area contributed by atoms with E-state index in [-0.39, 0.29) is 25.7 Å². The highest BCUT2D eigenvalue weighted by molar-refractivity contribution is 7.17. The van der Waals surface area contributed by atoms with Gasteiger partial charge in [-0.2, -0.15) is 4.99 Å². The van der Waals surface area contributed by atoms with E-state index in [4.69, 9.17) is 21.1 Å². The number of fused-ring (bicyclic) bond motifs is 3. The van der Waals surface area contributed by atoms with E-state index >= 15 is 0 Å². The normalized spacial score (nSPS) is 11.7. The lowest BCUT2D eigenvalue weighted by molar-refractivity contribution is -0.143. The summed E-state index contributed by atoms with van der Waals surface area (Å²) in [5.41, 5.74) is 0.821. The van der Waals surface area contributed by atoms with E-state index in [2.05, 4.69) is 4.99 Å². The van der Waals surface area contributed by atoms with Gasteiger partial charge in [0.1, 0.15) is 12.3 Å². The van der Waals surface area contributed by atoms with E-state index in [1.54, 1.807) is 35.8 Å². The maximum absolute atomic E-state index is 12.5. The number of hydrogen-bond acceptors (Lipinski definition) is 5. The molecule has 0 fully saturated rings. The zero-order valence-electron chi connectivity index (χ0n) is 16.7. The van der Waals surface area contributed by atoms with Gasteiger partial charge in [-0.1, -0.05) is 53.3 Å². The fourth-order valence-corrected chi connectivity index (χ4v) is 4.50. The van der Waals surface area contributed by atoms with Gasteiger partial charge in [-0.15, -0.1) is 0 Å². The van der Waals surface area contributed by atoms with Gasteiger partial charge in [0.25, 0.3) is 5.91 Å². The summed E-state index contributed by atoms with van der Waals surface area (Å²) in [6.45, 7) is 1.78. The van der Waals surface area contributed by atoms with Crippen LogP contribution in [-0.2, 0) is 20.9 Å². The van der Waals surface area contributed by atoms with Crippen molar-refractivity contribution >= 4 is 55.8 Å². The summed E-state index contributed by atoms with van der Waals surface area (Å²) in [4.78, 5) is 29.4. The average Bonchev–Trinajstić information content (AvgIpc) is 3.11. The molecule has 1 amide bonds. The molecule has 3 aromatic carbocycles. The molecule has 0 N–H and O–H groups in total. The number of amides is 1. The zero-order chi connectivity index (χ0) is 21.8. The number of thiazole rings is 1. The van der Waals surface area contributed by atoms with Crippen LogP contribution in [0.1, 0.15) is 6.92 Å². The molecular formula is C23H19ClN2O4S. The van der Waals surface area contributed by atoms with E-state index in [0.717, 1.165) is 21.0 Å². The third-order valence-electron chi connectivity index (χ3n) is 4.56. The molecule has 0 aliphatic heterocycles. The second-order valence-corrected chi connectivity index (χ2v) is 8.07. The summed E-state index contributed by atoms with van der Waals surface area (Å²) >= 11 is 7.22. The number of rotatable bonds is 6. The molecule has 6 nitrogen and oxygen atoms in total. The Morgan fingerprint density at radius 2 is 1.84 bits per heavy atom. The van der Waals surface area contributed by atoms with Gasteiger partial charge < -0.3 is 14.0 Å².